The predicted molar refractivity (Wildman–Crippen MR) is 59.9 cm³/mol. The molecule has 3 nitrogen and oxygen atoms in total. The van der Waals surface area contributed by atoms with Crippen molar-refractivity contribution in [3.8, 4) is 0 Å². The van der Waals surface area contributed by atoms with E-state index in [1.807, 2.05) is 0 Å². The standard InChI is InChI=1S/C10H11FN2OS/c1-12-10(15)13-9(14)6-7-4-2-3-5-8(7)11/h2-5H,6H2,1H3,(H2,12,13,14,15). The largest absolute Gasteiger partial charge is 0.365 e. The van der Waals surface area contributed by atoms with Crippen LogP contribution < -0.4 is 10.6 Å². The van der Waals surface area contributed by atoms with Crippen molar-refractivity contribution >= 4 is 23.2 Å². The van der Waals surface area contributed by atoms with Crippen molar-refractivity contribution in [2.45, 2.75) is 6.42 Å². The number of benzene rings is 1. The summed E-state index contributed by atoms with van der Waals surface area (Å²) in [4.78, 5) is 11.3. The number of hydrogen-bond acceptors (Lipinski definition) is 2. The molecule has 0 radical (unpaired) electrons. The molecule has 15 heavy (non-hydrogen) atoms. The first-order valence-electron chi connectivity index (χ1n) is 4.38. The summed E-state index contributed by atoms with van der Waals surface area (Å²) in [5.74, 6) is -0.720. The first-order chi connectivity index (χ1) is 7.13. The van der Waals surface area contributed by atoms with Crippen LogP contribution in [0.4, 0.5) is 4.39 Å². The molecule has 0 spiro atoms. The first kappa shape index (κ1) is 11.6. The average molecular weight is 226 g/mol. The highest BCUT2D eigenvalue weighted by Gasteiger charge is 2.07. The molecular formula is C10H11FN2OS. The van der Waals surface area contributed by atoms with E-state index >= 15 is 0 Å². The normalized spacial score (nSPS) is 9.47. The lowest BCUT2D eigenvalue weighted by Gasteiger charge is -2.06. The fraction of sp³-hybridized carbons (Fsp3) is 0.200. The van der Waals surface area contributed by atoms with Gasteiger partial charge in [-0.15, -0.1) is 0 Å². The molecule has 2 N–H and O–H groups in total. The minimum absolute atomic E-state index is 0.0194. The van der Waals surface area contributed by atoms with Gasteiger partial charge in [-0.3, -0.25) is 4.79 Å². The van der Waals surface area contributed by atoms with Gasteiger partial charge in [0.05, 0.1) is 6.42 Å². The lowest BCUT2D eigenvalue weighted by atomic mass is 10.1. The van der Waals surface area contributed by atoms with Crippen LogP contribution in [0.25, 0.3) is 0 Å². The molecule has 1 aromatic carbocycles. The number of rotatable bonds is 2. The Labute approximate surface area is 92.7 Å². The predicted octanol–water partition coefficient (Wildman–Crippen LogP) is 0.989. The molecule has 0 heterocycles. The summed E-state index contributed by atoms with van der Waals surface area (Å²) in [6.45, 7) is 0. The molecule has 1 aromatic rings. The molecule has 0 atom stereocenters. The molecular weight excluding hydrogens is 215 g/mol. The summed E-state index contributed by atoms with van der Waals surface area (Å²) in [5, 5.41) is 5.25. The van der Waals surface area contributed by atoms with Crippen molar-refractivity contribution < 1.29 is 9.18 Å². The van der Waals surface area contributed by atoms with Crippen LogP contribution in [0.5, 0.6) is 0 Å². The Bertz CT molecular complexity index is 381. The van der Waals surface area contributed by atoms with Crippen LogP contribution in [0.15, 0.2) is 24.3 Å². The van der Waals surface area contributed by atoms with Gasteiger partial charge in [0.15, 0.2) is 5.11 Å². The Kier molecular flexibility index (Phi) is 4.17. The molecule has 0 unspecified atom stereocenters. The minimum Gasteiger partial charge on any atom is -0.365 e. The number of nitrogens with one attached hydrogen (secondary N) is 2. The van der Waals surface area contributed by atoms with Gasteiger partial charge in [0.1, 0.15) is 5.82 Å². The Morgan fingerprint density at radius 3 is 2.73 bits per heavy atom. The van der Waals surface area contributed by atoms with Gasteiger partial charge in [0.2, 0.25) is 5.91 Å². The third-order valence-corrected chi connectivity index (χ3v) is 2.10. The zero-order valence-electron chi connectivity index (χ0n) is 8.21. The average Bonchev–Trinajstić information content (AvgIpc) is 2.21. The number of carbonyl (C=O) groups is 1. The number of carbonyl (C=O) groups excluding carboxylic acids is 1. The highest BCUT2D eigenvalue weighted by molar-refractivity contribution is 7.80. The van der Waals surface area contributed by atoms with Crippen LogP contribution in [0.2, 0.25) is 0 Å². The molecule has 0 saturated heterocycles. The third-order valence-electron chi connectivity index (χ3n) is 1.79. The molecule has 80 valence electrons. The highest BCUT2D eigenvalue weighted by Crippen LogP contribution is 2.06. The van der Waals surface area contributed by atoms with Crippen LogP contribution in [-0.2, 0) is 11.2 Å². The molecule has 0 aliphatic carbocycles. The fourth-order valence-corrected chi connectivity index (χ4v) is 1.16. The van der Waals surface area contributed by atoms with Gasteiger partial charge in [-0.2, -0.15) is 0 Å². The Hall–Kier alpha value is -1.49. The Balaban J connectivity index is 2.59. The first-order valence-corrected chi connectivity index (χ1v) is 4.79. The van der Waals surface area contributed by atoms with E-state index in [1.54, 1.807) is 25.2 Å². The van der Waals surface area contributed by atoms with Gasteiger partial charge in [0.25, 0.3) is 0 Å². The van der Waals surface area contributed by atoms with Gasteiger partial charge >= 0.3 is 0 Å². The molecule has 0 saturated carbocycles. The molecule has 0 bridgehead atoms. The minimum atomic E-state index is -0.386. The number of thiocarbonyl (C=S) groups is 1. The molecule has 1 amide bonds. The second-order valence-corrected chi connectivity index (χ2v) is 3.30. The summed E-state index contributed by atoms with van der Waals surface area (Å²) in [6, 6.07) is 6.15. The van der Waals surface area contributed by atoms with Crippen LogP contribution in [-0.4, -0.2) is 18.1 Å². The van der Waals surface area contributed by atoms with Crippen LogP contribution in [0.1, 0.15) is 5.56 Å². The third kappa shape index (κ3) is 3.63. The lowest BCUT2D eigenvalue weighted by Crippen LogP contribution is -2.38. The van der Waals surface area contributed by atoms with E-state index in [1.165, 1.54) is 6.07 Å². The topological polar surface area (TPSA) is 41.1 Å². The summed E-state index contributed by atoms with van der Waals surface area (Å²) in [5.41, 5.74) is 0.355. The van der Waals surface area contributed by atoms with E-state index in [0.29, 0.717) is 5.56 Å². The summed E-state index contributed by atoms with van der Waals surface area (Å²) in [6.07, 6.45) is -0.0194. The van der Waals surface area contributed by atoms with Crippen molar-refractivity contribution in [3.63, 3.8) is 0 Å². The molecule has 1 rings (SSSR count). The van der Waals surface area contributed by atoms with E-state index in [0.717, 1.165) is 0 Å². The van der Waals surface area contributed by atoms with Gasteiger partial charge in [-0.25, -0.2) is 4.39 Å². The van der Waals surface area contributed by atoms with E-state index in [-0.39, 0.29) is 23.3 Å². The maximum absolute atomic E-state index is 13.1. The van der Waals surface area contributed by atoms with Crippen molar-refractivity contribution in [1.29, 1.82) is 0 Å². The molecule has 0 aliphatic rings. The number of amides is 1. The quantitative estimate of drug-likeness (QED) is 0.739. The maximum atomic E-state index is 13.1. The molecule has 0 aliphatic heterocycles. The number of halogens is 1. The lowest BCUT2D eigenvalue weighted by molar-refractivity contribution is -0.119. The SMILES string of the molecule is CNC(=S)NC(=O)Cc1ccccc1F. The van der Waals surface area contributed by atoms with Gasteiger partial charge in [-0.1, -0.05) is 18.2 Å². The van der Waals surface area contributed by atoms with Crippen LogP contribution >= 0.6 is 12.2 Å². The smallest absolute Gasteiger partial charge is 0.230 e. The molecule has 0 aromatic heterocycles. The highest BCUT2D eigenvalue weighted by atomic mass is 32.1. The maximum Gasteiger partial charge on any atom is 0.230 e. The number of hydrogen-bond donors (Lipinski definition) is 2. The summed E-state index contributed by atoms with van der Waals surface area (Å²) >= 11 is 4.74. The second kappa shape index (κ2) is 5.41. The monoisotopic (exact) mass is 226 g/mol. The van der Waals surface area contributed by atoms with Crippen LogP contribution in [0.3, 0.4) is 0 Å². The van der Waals surface area contributed by atoms with Gasteiger partial charge < -0.3 is 10.6 Å². The van der Waals surface area contributed by atoms with Crippen molar-refractivity contribution in [3.05, 3.63) is 35.6 Å². The zero-order valence-corrected chi connectivity index (χ0v) is 9.03. The van der Waals surface area contributed by atoms with E-state index in [4.69, 9.17) is 12.2 Å². The van der Waals surface area contributed by atoms with E-state index in [2.05, 4.69) is 10.6 Å². The Morgan fingerprint density at radius 2 is 2.13 bits per heavy atom. The van der Waals surface area contributed by atoms with Crippen molar-refractivity contribution in [1.82, 2.24) is 10.6 Å². The molecule has 0 fully saturated rings. The van der Waals surface area contributed by atoms with Crippen LogP contribution in [0, 0.1) is 5.82 Å². The van der Waals surface area contributed by atoms with E-state index in [9.17, 15) is 9.18 Å². The summed E-state index contributed by atoms with van der Waals surface area (Å²) < 4.78 is 13.1. The van der Waals surface area contributed by atoms with Gasteiger partial charge in [-0.05, 0) is 23.8 Å². The second-order valence-electron chi connectivity index (χ2n) is 2.90. The zero-order chi connectivity index (χ0) is 11.3. The van der Waals surface area contributed by atoms with E-state index < -0.39 is 0 Å². The van der Waals surface area contributed by atoms with Gasteiger partial charge in [0, 0.05) is 7.05 Å². The summed E-state index contributed by atoms with van der Waals surface area (Å²) in [7, 11) is 1.60. The molecule has 5 heteroatoms. The Morgan fingerprint density at radius 1 is 1.47 bits per heavy atom. The van der Waals surface area contributed by atoms with Crippen molar-refractivity contribution in [2.75, 3.05) is 7.05 Å². The fourth-order valence-electron chi connectivity index (χ4n) is 1.05. The van der Waals surface area contributed by atoms with Crippen molar-refractivity contribution in [2.24, 2.45) is 0 Å².